The zero-order valence-corrected chi connectivity index (χ0v) is 14.3. The van der Waals surface area contributed by atoms with Gasteiger partial charge in [-0.15, -0.1) is 5.10 Å². The molecule has 5 nitrogen and oxygen atoms in total. The Kier molecular flexibility index (Phi) is 5.81. The lowest BCUT2D eigenvalue weighted by Crippen LogP contribution is -2.33. The fraction of sp³-hybridized carbons (Fsp3) is 0.357. The van der Waals surface area contributed by atoms with Gasteiger partial charge in [0, 0.05) is 16.1 Å². The number of hydrogen-bond donors (Lipinski definition) is 2. The Morgan fingerprint density at radius 2 is 2.14 bits per heavy atom. The Balaban J connectivity index is 1.91. The third kappa shape index (κ3) is 4.86. The van der Waals surface area contributed by atoms with E-state index in [1.165, 1.54) is 11.8 Å². The van der Waals surface area contributed by atoms with Crippen molar-refractivity contribution in [3.8, 4) is 11.4 Å². The molecule has 112 valence electrons. The van der Waals surface area contributed by atoms with Gasteiger partial charge in [-0.25, -0.2) is 4.98 Å². The van der Waals surface area contributed by atoms with Crippen LogP contribution in [0.5, 0.6) is 0 Å². The maximum Gasteiger partial charge on any atom is 0.230 e. The second-order valence-electron chi connectivity index (χ2n) is 4.64. The number of benzene rings is 1. The minimum absolute atomic E-state index is 0.00402. The summed E-state index contributed by atoms with van der Waals surface area (Å²) < 4.78 is 1.02. The molecule has 1 aromatic carbocycles. The number of nitrogens with one attached hydrogen (secondary N) is 2. The largest absolute Gasteiger partial charge is 0.353 e. The first-order valence-electron chi connectivity index (χ1n) is 6.69. The third-order valence-electron chi connectivity index (χ3n) is 2.93. The van der Waals surface area contributed by atoms with Gasteiger partial charge in [-0.1, -0.05) is 46.7 Å². The van der Waals surface area contributed by atoms with Crippen molar-refractivity contribution in [1.29, 1.82) is 0 Å². The van der Waals surface area contributed by atoms with Crippen molar-refractivity contribution in [2.24, 2.45) is 0 Å². The monoisotopic (exact) mass is 368 g/mol. The smallest absolute Gasteiger partial charge is 0.230 e. The van der Waals surface area contributed by atoms with Crippen LogP contribution in [0.1, 0.15) is 20.3 Å². The minimum Gasteiger partial charge on any atom is -0.353 e. The average molecular weight is 369 g/mol. The van der Waals surface area contributed by atoms with E-state index in [1.807, 2.05) is 38.1 Å². The van der Waals surface area contributed by atoms with Crippen LogP contribution in [0.4, 0.5) is 0 Å². The van der Waals surface area contributed by atoms with Crippen molar-refractivity contribution in [1.82, 2.24) is 20.5 Å². The molecular formula is C14H17BrN4OS. The van der Waals surface area contributed by atoms with E-state index in [-0.39, 0.29) is 11.9 Å². The molecule has 1 aromatic heterocycles. The molecule has 21 heavy (non-hydrogen) atoms. The molecule has 2 aromatic rings. The molecule has 7 heteroatoms. The highest BCUT2D eigenvalue weighted by atomic mass is 79.9. The number of carbonyl (C=O) groups is 1. The normalized spacial score (nSPS) is 12.1. The molecule has 1 heterocycles. The Hall–Kier alpha value is -1.34. The number of aromatic amines is 1. The zero-order chi connectivity index (χ0) is 15.2. The summed E-state index contributed by atoms with van der Waals surface area (Å²) in [5.74, 6) is 1.03. The predicted molar refractivity (Wildman–Crippen MR) is 88.1 cm³/mol. The molecule has 1 amide bonds. The summed E-state index contributed by atoms with van der Waals surface area (Å²) in [5.41, 5.74) is 0.960. The molecule has 1 atom stereocenters. The maximum absolute atomic E-state index is 11.7. The van der Waals surface area contributed by atoms with Gasteiger partial charge in [-0.05, 0) is 25.5 Å². The number of thioether (sulfide) groups is 1. The Bertz CT molecular complexity index is 599. The molecule has 0 aliphatic heterocycles. The van der Waals surface area contributed by atoms with Crippen LogP contribution in [0.3, 0.4) is 0 Å². The first-order chi connectivity index (χ1) is 10.1. The topological polar surface area (TPSA) is 70.7 Å². The van der Waals surface area contributed by atoms with Gasteiger partial charge >= 0.3 is 0 Å². The fourth-order valence-electron chi connectivity index (χ4n) is 1.60. The number of hydrogen-bond acceptors (Lipinski definition) is 4. The zero-order valence-electron chi connectivity index (χ0n) is 11.9. The summed E-state index contributed by atoms with van der Waals surface area (Å²) in [6, 6.07) is 8.00. The molecular weight excluding hydrogens is 352 g/mol. The van der Waals surface area contributed by atoms with Crippen LogP contribution < -0.4 is 5.32 Å². The molecule has 2 N–H and O–H groups in total. The van der Waals surface area contributed by atoms with E-state index in [2.05, 4.69) is 36.4 Å². The van der Waals surface area contributed by atoms with E-state index in [9.17, 15) is 4.79 Å². The van der Waals surface area contributed by atoms with Crippen LogP contribution >= 0.6 is 27.7 Å². The molecule has 0 spiro atoms. The van der Waals surface area contributed by atoms with Crippen molar-refractivity contribution in [3.63, 3.8) is 0 Å². The number of halogens is 1. The molecule has 0 fully saturated rings. The van der Waals surface area contributed by atoms with Crippen LogP contribution in [0.2, 0.25) is 0 Å². The lowest BCUT2D eigenvalue weighted by atomic mass is 10.2. The summed E-state index contributed by atoms with van der Waals surface area (Å²) in [6.07, 6.45) is 0.921. The predicted octanol–water partition coefficient (Wildman–Crippen LogP) is 3.24. The van der Waals surface area contributed by atoms with Crippen LogP contribution in [-0.4, -0.2) is 32.9 Å². The van der Waals surface area contributed by atoms with Gasteiger partial charge in [0.2, 0.25) is 11.1 Å². The lowest BCUT2D eigenvalue weighted by Gasteiger charge is -2.09. The first kappa shape index (κ1) is 16.0. The summed E-state index contributed by atoms with van der Waals surface area (Å²) in [7, 11) is 0. The van der Waals surface area contributed by atoms with Crippen molar-refractivity contribution >= 4 is 33.6 Å². The second kappa shape index (κ2) is 7.61. The summed E-state index contributed by atoms with van der Waals surface area (Å²) in [4.78, 5) is 16.1. The molecule has 0 aliphatic carbocycles. The Labute approximate surface area is 136 Å². The standard InChI is InChI=1S/C14H17BrN4OS/c1-3-9(2)16-12(20)8-21-14-17-13(18-19-14)10-4-6-11(15)7-5-10/h4-7,9H,3,8H2,1-2H3,(H,16,20)(H,17,18,19)/t9-/m1/s1. The van der Waals surface area contributed by atoms with E-state index in [0.717, 1.165) is 16.5 Å². The maximum atomic E-state index is 11.7. The molecule has 0 unspecified atom stereocenters. The van der Waals surface area contributed by atoms with Crippen molar-refractivity contribution in [3.05, 3.63) is 28.7 Å². The first-order valence-corrected chi connectivity index (χ1v) is 8.47. The van der Waals surface area contributed by atoms with Gasteiger partial charge in [0.25, 0.3) is 0 Å². The number of aromatic nitrogens is 3. The SMILES string of the molecule is CC[C@@H](C)NC(=O)CSc1n[nH]c(-c2ccc(Br)cc2)n1. The molecule has 0 bridgehead atoms. The van der Waals surface area contributed by atoms with Crippen LogP contribution in [0, 0.1) is 0 Å². The number of amides is 1. The number of rotatable bonds is 6. The molecule has 0 saturated heterocycles. The third-order valence-corrected chi connectivity index (χ3v) is 4.31. The van der Waals surface area contributed by atoms with E-state index in [4.69, 9.17) is 0 Å². The Morgan fingerprint density at radius 1 is 1.43 bits per heavy atom. The van der Waals surface area contributed by atoms with Gasteiger partial charge in [0.1, 0.15) is 0 Å². The van der Waals surface area contributed by atoms with Gasteiger partial charge in [0.15, 0.2) is 5.82 Å². The summed E-state index contributed by atoms with van der Waals surface area (Å²) in [6.45, 7) is 4.03. The van der Waals surface area contributed by atoms with Crippen LogP contribution in [-0.2, 0) is 4.79 Å². The van der Waals surface area contributed by atoms with E-state index >= 15 is 0 Å². The van der Waals surface area contributed by atoms with Gasteiger partial charge in [0.05, 0.1) is 5.75 Å². The average Bonchev–Trinajstić information content (AvgIpc) is 2.94. The molecule has 0 radical (unpaired) electrons. The summed E-state index contributed by atoms with van der Waals surface area (Å²) in [5, 5.41) is 10.5. The quantitative estimate of drug-likeness (QED) is 0.767. The number of carbonyl (C=O) groups excluding carboxylic acids is 1. The van der Waals surface area contributed by atoms with Gasteiger partial charge < -0.3 is 5.32 Å². The molecule has 2 rings (SSSR count). The van der Waals surface area contributed by atoms with Crippen LogP contribution in [0.25, 0.3) is 11.4 Å². The highest BCUT2D eigenvalue weighted by Gasteiger charge is 2.10. The summed E-state index contributed by atoms with van der Waals surface area (Å²) >= 11 is 4.72. The van der Waals surface area contributed by atoms with Crippen molar-refractivity contribution < 1.29 is 4.79 Å². The van der Waals surface area contributed by atoms with Crippen molar-refractivity contribution in [2.75, 3.05) is 5.75 Å². The van der Waals surface area contributed by atoms with Gasteiger partial charge in [-0.2, -0.15) is 0 Å². The van der Waals surface area contributed by atoms with Gasteiger partial charge in [-0.3, -0.25) is 9.89 Å². The molecule has 0 saturated carbocycles. The fourth-order valence-corrected chi connectivity index (χ4v) is 2.47. The van der Waals surface area contributed by atoms with Crippen molar-refractivity contribution in [2.45, 2.75) is 31.5 Å². The molecule has 0 aliphatic rings. The number of nitrogens with zero attached hydrogens (tertiary/aromatic N) is 2. The van der Waals surface area contributed by atoms with E-state index < -0.39 is 0 Å². The Morgan fingerprint density at radius 3 is 2.81 bits per heavy atom. The van der Waals surface area contributed by atoms with E-state index in [0.29, 0.717) is 16.7 Å². The second-order valence-corrected chi connectivity index (χ2v) is 6.50. The lowest BCUT2D eigenvalue weighted by molar-refractivity contribution is -0.119. The highest BCUT2D eigenvalue weighted by Crippen LogP contribution is 2.21. The van der Waals surface area contributed by atoms with Crippen LogP contribution in [0.15, 0.2) is 33.9 Å². The van der Waals surface area contributed by atoms with E-state index in [1.54, 1.807) is 0 Å². The minimum atomic E-state index is 0.00402. The highest BCUT2D eigenvalue weighted by molar-refractivity contribution is 9.10. The number of H-pyrrole nitrogens is 1.